The Hall–Kier alpha value is -2.14. The van der Waals surface area contributed by atoms with Crippen LogP contribution in [0.1, 0.15) is 5.76 Å². The van der Waals surface area contributed by atoms with Gasteiger partial charge in [0.05, 0.1) is 0 Å². The molecule has 2 rings (SSSR count). The van der Waals surface area contributed by atoms with Gasteiger partial charge in [0.1, 0.15) is 17.5 Å². The fourth-order valence-electron chi connectivity index (χ4n) is 1.46. The molecular weight excluding hydrogens is 220 g/mol. The molecular formula is C12H12N2O3. The van der Waals surface area contributed by atoms with E-state index in [4.69, 9.17) is 15.4 Å². The van der Waals surface area contributed by atoms with Crippen molar-refractivity contribution < 1.29 is 14.4 Å². The molecule has 0 saturated carbocycles. The number of aliphatic carboxylic acids is 1. The quantitative estimate of drug-likeness (QED) is 0.829. The molecule has 0 aliphatic carbocycles. The zero-order valence-electron chi connectivity index (χ0n) is 9.04. The Morgan fingerprint density at radius 2 is 2.12 bits per heavy atom. The molecule has 88 valence electrons. The molecule has 0 fully saturated rings. The molecule has 5 nitrogen and oxygen atoms in total. The second-order valence-corrected chi connectivity index (χ2v) is 3.69. The largest absolute Gasteiger partial charge is 0.480 e. The summed E-state index contributed by atoms with van der Waals surface area (Å²) in [7, 11) is 0. The Balaban J connectivity index is 2.14. The van der Waals surface area contributed by atoms with Gasteiger partial charge >= 0.3 is 5.97 Å². The molecule has 1 heterocycles. The summed E-state index contributed by atoms with van der Waals surface area (Å²) in [5.41, 5.74) is 7.01. The van der Waals surface area contributed by atoms with E-state index < -0.39 is 12.0 Å². The van der Waals surface area contributed by atoms with Crippen LogP contribution in [0.25, 0.3) is 11.3 Å². The number of hydrogen-bond donors (Lipinski definition) is 2. The summed E-state index contributed by atoms with van der Waals surface area (Å²) in [6.45, 7) is 0. The molecule has 0 spiro atoms. The first-order valence-corrected chi connectivity index (χ1v) is 5.16. The number of rotatable bonds is 4. The molecule has 1 atom stereocenters. The highest BCUT2D eigenvalue weighted by Crippen LogP contribution is 2.18. The first kappa shape index (κ1) is 11.3. The summed E-state index contributed by atoms with van der Waals surface area (Å²) in [4.78, 5) is 10.6. The molecule has 0 aliphatic rings. The average molecular weight is 232 g/mol. The predicted octanol–water partition coefficient (Wildman–Crippen LogP) is 1.30. The monoisotopic (exact) mass is 232 g/mol. The molecule has 0 aliphatic heterocycles. The third-order valence-corrected chi connectivity index (χ3v) is 2.37. The first-order chi connectivity index (χ1) is 8.16. The van der Waals surface area contributed by atoms with Crippen LogP contribution in [-0.4, -0.2) is 22.3 Å². The van der Waals surface area contributed by atoms with Crippen LogP contribution in [0, 0.1) is 0 Å². The Morgan fingerprint density at radius 3 is 2.76 bits per heavy atom. The van der Waals surface area contributed by atoms with Gasteiger partial charge in [-0.3, -0.25) is 4.79 Å². The lowest BCUT2D eigenvalue weighted by molar-refractivity contribution is -0.138. The van der Waals surface area contributed by atoms with Gasteiger partial charge in [-0.1, -0.05) is 35.5 Å². The van der Waals surface area contributed by atoms with Gasteiger partial charge < -0.3 is 15.4 Å². The number of carboxylic acid groups (broad SMARTS) is 1. The normalized spacial score (nSPS) is 12.3. The predicted molar refractivity (Wildman–Crippen MR) is 61.3 cm³/mol. The number of carboxylic acids is 1. The van der Waals surface area contributed by atoms with E-state index in [-0.39, 0.29) is 6.42 Å². The minimum atomic E-state index is -1.05. The third kappa shape index (κ3) is 2.70. The lowest BCUT2D eigenvalue weighted by Gasteiger charge is -2.00. The van der Waals surface area contributed by atoms with Gasteiger partial charge in [0.2, 0.25) is 0 Å². The van der Waals surface area contributed by atoms with Crippen molar-refractivity contribution in [3.05, 3.63) is 42.2 Å². The van der Waals surface area contributed by atoms with Gasteiger partial charge in [0.25, 0.3) is 0 Å². The van der Waals surface area contributed by atoms with Crippen molar-refractivity contribution >= 4 is 5.97 Å². The summed E-state index contributed by atoms with van der Waals surface area (Å²) in [5, 5.41) is 12.6. The number of hydrogen-bond acceptors (Lipinski definition) is 4. The van der Waals surface area contributed by atoms with Crippen molar-refractivity contribution in [2.75, 3.05) is 0 Å². The fraction of sp³-hybridized carbons (Fsp3) is 0.167. The summed E-state index contributed by atoms with van der Waals surface area (Å²) in [6.07, 6.45) is 0.134. The molecule has 1 aromatic heterocycles. The van der Waals surface area contributed by atoms with Crippen molar-refractivity contribution in [2.45, 2.75) is 12.5 Å². The molecule has 0 bridgehead atoms. The fourth-order valence-corrected chi connectivity index (χ4v) is 1.46. The van der Waals surface area contributed by atoms with Crippen LogP contribution < -0.4 is 5.73 Å². The second kappa shape index (κ2) is 4.80. The lowest BCUT2D eigenvalue weighted by Crippen LogP contribution is -2.32. The maximum Gasteiger partial charge on any atom is 0.320 e. The Kier molecular flexibility index (Phi) is 3.20. The van der Waals surface area contributed by atoms with Gasteiger partial charge in [-0.15, -0.1) is 0 Å². The van der Waals surface area contributed by atoms with Crippen LogP contribution in [0.5, 0.6) is 0 Å². The number of nitrogens with zero attached hydrogens (tertiary/aromatic N) is 1. The van der Waals surface area contributed by atoms with E-state index in [1.165, 1.54) is 0 Å². The maximum atomic E-state index is 10.6. The smallest absolute Gasteiger partial charge is 0.320 e. The Morgan fingerprint density at radius 1 is 1.41 bits per heavy atom. The molecule has 1 unspecified atom stereocenters. The van der Waals surface area contributed by atoms with Crippen LogP contribution in [-0.2, 0) is 11.2 Å². The van der Waals surface area contributed by atoms with Crippen LogP contribution in [0.15, 0.2) is 40.9 Å². The van der Waals surface area contributed by atoms with E-state index in [2.05, 4.69) is 5.16 Å². The minimum Gasteiger partial charge on any atom is -0.480 e. The molecule has 2 aromatic rings. The van der Waals surface area contributed by atoms with E-state index in [1.807, 2.05) is 30.3 Å². The highest BCUT2D eigenvalue weighted by molar-refractivity contribution is 5.73. The molecule has 17 heavy (non-hydrogen) atoms. The van der Waals surface area contributed by atoms with Crippen molar-refractivity contribution in [3.8, 4) is 11.3 Å². The van der Waals surface area contributed by atoms with E-state index in [0.29, 0.717) is 11.5 Å². The first-order valence-electron chi connectivity index (χ1n) is 5.16. The van der Waals surface area contributed by atoms with Crippen LogP contribution in [0.4, 0.5) is 0 Å². The van der Waals surface area contributed by atoms with Gasteiger partial charge in [-0.05, 0) is 0 Å². The highest BCUT2D eigenvalue weighted by atomic mass is 16.5. The van der Waals surface area contributed by atoms with Crippen molar-refractivity contribution in [1.82, 2.24) is 5.16 Å². The number of carbonyl (C=O) groups is 1. The number of aromatic nitrogens is 1. The van der Waals surface area contributed by atoms with E-state index in [0.717, 1.165) is 5.56 Å². The molecule has 1 aromatic carbocycles. The topological polar surface area (TPSA) is 89.4 Å². The standard InChI is InChI=1S/C12H12N2O3/c13-10(12(15)16)6-9-7-11(14-17-9)8-4-2-1-3-5-8/h1-5,7,10H,6,13H2,(H,15,16). The van der Waals surface area contributed by atoms with Crippen LogP contribution in [0.3, 0.4) is 0 Å². The molecule has 0 saturated heterocycles. The van der Waals surface area contributed by atoms with Gasteiger partial charge in [-0.2, -0.15) is 0 Å². The SMILES string of the molecule is NC(Cc1cc(-c2ccccc2)no1)C(=O)O. The number of nitrogens with two attached hydrogens (primary N) is 1. The highest BCUT2D eigenvalue weighted by Gasteiger charge is 2.15. The van der Waals surface area contributed by atoms with Crippen molar-refractivity contribution in [3.63, 3.8) is 0 Å². The third-order valence-electron chi connectivity index (χ3n) is 2.37. The van der Waals surface area contributed by atoms with E-state index >= 15 is 0 Å². The zero-order valence-corrected chi connectivity index (χ0v) is 9.04. The zero-order chi connectivity index (χ0) is 12.3. The molecule has 5 heteroatoms. The molecule has 0 amide bonds. The molecule has 3 N–H and O–H groups in total. The van der Waals surface area contributed by atoms with Crippen LogP contribution >= 0.6 is 0 Å². The minimum absolute atomic E-state index is 0.134. The van der Waals surface area contributed by atoms with Gasteiger partial charge in [-0.25, -0.2) is 0 Å². The second-order valence-electron chi connectivity index (χ2n) is 3.69. The lowest BCUT2D eigenvalue weighted by atomic mass is 10.1. The van der Waals surface area contributed by atoms with Gasteiger partial charge in [0, 0.05) is 18.1 Å². The Bertz CT molecular complexity index is 507. The van der Waals surface area contributed by atoms with Crippen LogP contribution in [0.2, 0.25) is 0 Å². The van der Waals surface area contributed by atoms with E-state index in [1.54, 1.807) is 6.07 Å². The summed E-state index contributed by atoms with van der Waals surface area (Å²) >= 11 is 0. The summed E-state index contributed by atoms with van der Waals surface area (Å²) < 4.78 is 5.05. The molecule has 0 radical (unpaired) electrons. The maximum absolute atomic E-state index is 10.6. The van der Waals surface area contributed by atoms with E-state index in [9.17, 15) is 4.79 Å². The Labute approximate surface area is 97.8 Å². The van der Waals surface area contributed by atoms with Crippen molar-refractivity contribution in [2.24, 2.45) is 5.73 Å². The average Bonchev–Trinajstić information content (AvgIpc) is 2.78. The van der Waals surface area contributed by atoms with Crippen molar-refractivity contribution in [1.29, 1.82) is 0 Å². The summed E-state index contributed by atoms with van der Waals surface area (Å²) in [6, 6.07) is 10.2. The number of benzene rings is 1. The van der Waals surface area contributed by atoms with Gasteiger partial charge in [0.15, 0.2) is 0 Å². The summed E-state index contributed by atoms with van der Waals surface area (Å²) in [5.74, 6) is -0.582.